The van der Waals surface area contributed by atoms with Crippen LogP contribution in [0.25, 0.3) is 0 Å². The standard InChI is InChI=1S/C9H12NO2/c1-9(2,3)7-6(8(10)11)4-5-12-7/h4H,1-3H3,(H2,10,11). The summed E-state index contributed by atoms with van der Waals surface area (Å²) in [7, 11) is 0. The van der Waals surface area contributed by atoms with Crippen molar-refractivity contribution in [3.05, 3.63) is 23.7 Å². The van der Waals surface area contributed by atoms with Crippen molar-refractivity contribution in [1.82, 2.24) is 0 Å². The summed E-state index contributed by atoms with van der Waals surface area (Å²) < 4.78 is 5.06. The van der Waals surface area contributed by atoms with E-state index in [1.165, 1.54) is 6.07 Å². The molecule has 3 nitrogen and oxygen atoms in total. The third kappa shape index (κ3) is 1.49. The highest BCUT2D eigenvalue weighted by molar-refractivity contribution is 5.93. The molecular weight excluding hydrogens is 154 g/mol. The lowest BCUT2D eigenvalue weighted by molar-refractivity contribution is 0.0996. The highest BCUT2D eigenvalue weighted by atomic mass is 16.3. The van der Waals surface area contributed by atoms with Gasteiger partial charge in [0.05, 0.1) is 5.56 Å². The van der Waals surface area contributed by atoms with Crippen molar-refractivity contribution in [2.75, 3.05) is 0 Å². The first-order valence-electron chi connectivity index (χ1n) is 3.73. The third-order valence-electron chi connectivity index (χ3n) is 1.56. The summed E-state index contributed by atoms with van der Waals surface area (Å²) in [5.74, 6) is 0.125. The summed E-state index contributed by atoms with van der Waals surface area (Å²) in [5.41, 5.74) is 5.35. The van der Waals surface area contributed by atoms with Crippen molar-refractivity contribution in [3.63, 3.8) is 0 Å². The Kier molecular flexibility index (Phi) is 1.96. The van der Waals surface area contributed by atoms with Gasteiger partial charge in [0.15, 0.2) is 6.26 Å². The van der Waals surface area contributed by atoms with Crippen molar-refractivity contribution >= 4 is 5.91 Å². The highest BCUT2D eigenvalue weighted by Gasteiger charge is 2.24. The number of amides is 1. The van der Waals surface area contributed by atoms with Crippen LogP contribution in [-0.4, -0.2) is 5.91 Å². The van der Waals surface area contributed by atoms with Crippen LogP contribution in [0.15, 0.2) is 10.5 Å². The van der Waals surface area contributed by atoms with Gasteiger partial charge in [-0.3, -0.25) is 4.79 Å². The summed E-state index contributed by atoms with van der Waals surface area (Å²) in [6.45, 7) is 5.85. The topological polar surface area (TPSA) is 56.2 Å². The smallest absolute Gasteiger partial charge is 0.252 e. The van der Waals surface area contributed by atoms with Crippen molar-refractivity contribution in [2.24, 2.45) is 5.73 Å². The number of carbonyl (C=O) groups is 1. The summed E-state index contributed by atoms with van der Waals surface area (Å²) in [6, 6.07) is 1.48. The number of rotatable bonds is 1. The normalized spacial score (nSPS) is 11.6. The second-order valence-electron chi connectivity index (χ2n) is 3.72. The fraction of sp³-hybridized carbons (Fsp3) is 0.444. The van der Waals surface area contributed by atoms with Gasteiger partial charge in [0.25, 0.3) is 5.91 Å². The van der Waals surface area contributed by atoms with E-state index in [9.17, 15) is 4.79 Å². The minimum Gasteiger partial charge on any atom is -0.456 e. The maximum atomic E-state index is 10.9. The third-order valence-corrected chi connectivity index (χ3v) is 1.56. The quantitative estimate of drug-likeness (QED) is 0.686. The largest absolute Gasteiger partial charge is 0.456 e. The van der Waals surface area contributed by atoms with Gasteiger partial charge in [-0.1, -0.05) is 20.8 Å². The molecule has 1 aromatic heterocycles. The average molecular weight is 166 g/mol. The molecule has 3 heteroatoms. The van der Waals surface area contributed by atoms with E-state index in [4.69, 9.17) is 10.2 Å². The fourth-order valence-electron chi connectivity index (χ4n) is 1.01. The molecule has 0 unspecified atom stereocenters. The van der Waals surface area contributed by atoms with E-state index >= 15 is 0 Å². The Hall–Kier alpha value is -1.25. The number of nitrogens with two attached hydrogens (primary N) is 1. The molecule has 1 aromatic rings. The molecule has 0 fully saturated rings. The Labute approximate surface area is 71.6 Å². The maximum Gasteiger partial charge on any atom is 0.252 e. The van der Waals surface area contributed by atoms with Crippen LogP contribution in [0, 0.1) is 6.26 Å². The molecule has 1 rings (SSSR count). The van der Waals surface area contributed by atoms with Gasteiger partial charge in [0, 0.05) is 11.5 Å². The second kappa shape index (κ2) is 2.66. The van der Waals surface area contributed by atoms with E-state index in [0.717, 1.165) is 0 Å². The molecule has 65 valence electrons. The minimum atomic E-state index is -0.468. The lowest BCUT2D eigenvalue weighted by Gasteiger charge is -2.15. The molecule has 12 heavy (non-hydrogen) atoms. The Morgan fingerprint density at radius 3 is 2.50 bits per heavy atom. The van der Waals surface area contributed by atoms with Crippen LogP contribution in [-0.2, 0) is 5.41 Å². The predicted molar refractivity (Wildman–Crippen MR) is 44.8 cm³/mol. The zero-order valence-corrected chi connectivity index (χ0v) is 7.47. The number of hydrogen-bond donors (Lipinski definition) is 1. The highest BCUT2D eigenvalue weighted by Crippen LogP contribution is 2.25. The first kappa shape index (κ1) is 8.84. The van der Waals surface area contributed by atoms with Gasteiger partial charge in [-0.15, -0.1) is 0 Å². The number of primary amides is 1. The minimum absolute atomic E-state index is 0.204. The van der Waals surface area contributed by atoms with E-state index in [2.05, 4.69) is 6.26 Å². The van der Waals surface area contributed by atoms with E-state index in [0.29, 0.717) is 11.3 Å². The molecule has 1 amide bonds. The van der Waals surface area contributed by atoms with Gasteiger partial charge in [0.1, 0.15) is 5.76 Å². The lowest BCUT2D eigenvalue weighted by Crippen LogP contribution is -2.19. The molecule has 0 aliphatic rings. The molecule has 0 aliphatic heterocycles. The van der Waals surface area contributed by atoms with E-state index in [1.54, 1.807) is 0 Å². The molecule has 0 aromatic carbocycles. The van der Waals surface area contributed by atoms with Crippen molar-refractivity contribution in [3.8, 4) is 0 Å². The molecular formula is C9H12NO2. The molecule has 0 saturated heterocycles. The van der Waals surface area contributed by atoms with E-state index < -0.39 is 5.91 Å². The van der Waals surface area contributed by atoms with Crippen molar-refractivity contribution in [1.29, 1.82) is 0 Å². The van der Waals surface area contributed by atoms with Crippen LogP contribution in [0.2, 0.25) is 0 Å². The fourth-order valence-corrected chi connectivity index (χ4v) is 1.01. The Morgan fingerprint density at radius 1 is 1.58 bits per heavy atom. The summed E-state index contributed by atoms with van der Waals surface area (Å²) in [4.78, 5) is 10.9. The maximum absolute atomic E-state index is 10.9. The zero-order chi connectivity index (χ0) is 9.35. The molecule has 1 heterocycles. The zero-order valence-electron chi connectivity index (χ0n) is 7.47. The first-order chi connectivity index (χ1) is 5.43. The van der Waals surface area contributed by atoms with Gasteiger partial charge in [-0.2, -0.15) is 0 Å². The average Bonchev–Trinajstić information content (AvgIpc) is 2.30. The lowest BCUT2D eigenvalue weighted by atomic mass is 9.90. The van der Waals surface area contributed by atoms with Crippen molar-refractivity contribution in [2.45, 2.75) is 26.2 Å². The molecule has 0 aliphatic carbocycles. The second-order valence-corrected chi connectivity index (χ2v) is 3.72. The first-order valence-corrected chi connectivity index (χ1v) is 3.73. The summed E-state index contributed by atoms with van der Waals surface area (Å²) >= 11 is 0. The molecule has 0 bridgehead atoms. The molecule has 1 radical (unpaired) electrons. The summed E-state index contributed by atoms with van der Waals surface area (Å²) in [6.07, 6.45) is 2.51. The monoisotopic (exact) mass is 166 g/mol. The number of furan rings is 1. The van der Waals surface area contributed by atoms with Crippen LogP contribution in [0.4, 0.5) is 0 Å². The van der Waals surface area contributed by atoms with Crippen LogP contribution in [0.5, 0.6) is 0 Å². The Balaban J connectivity index is 3.17. The molecule has 2 N–H and O–H groups in total. The number of hydrogen-bond acceptors (Lipinski definition) is 2. The van der Waals surface area contributed by atoms with Gasteiger partial charge in [-0.25, -0.2) is 0 Å². The molecule has 0 atom stereocenters. The van der Waals surface area contributed by atoms with Crippen LogP contribution >= 0.6 is 0 Å². The van der Waals surface area contributed by atoms with Crippen LogP contribution < -0.4 is 5.73 Å². The number of carbonyl (C=O) groups excluding carboxylic acids is 1. The van der Waals surface area contributed by atoms with Gasteiger partial charge in [0.2, 0.25) is 0 Å². The van der Waals surface area contributed by atoms with Gasteiger partial charge in [-0.05, 0) is 0 Å². The van der Waals surface area contributed by atoms with Crippen molar-refractivity contribution < 1.29 is 9.21 Å². The van der Waals surface area contributed by atoms with E-state index in [1.807, 2.05) is 20.8 Å². The summed E-state index contributed by atoms with van der Waals surface area (Å²) in [5, 5.41) is 0. The van der Waals surface area contributed by atoms with Gasteiger partial charge < -0.3 is 10.2 Å². The molecule has 0 spiro atoms. The Bertz CT molecular complexity index is 294. The van der Waals surface area contributed by atoms with E-state index in [-0.39, 0.29) is 5.41 Å². The Morgan fingerprint density at radius 2 is 2.17 bits per heavy atom. The van der Waals surface area contributed by atoms with Gasteiger partial charge >= 0.3 is 0 Å². The van der Waals surface area contributed by atoms with Crippen LogP contribution in [0.3, 0.4) is 0 Å². The molecule has 0 saturated carbocycles. The SMILES string of the molecule is CC(C)(C)c1o[c]cc1C(N)=O. The predicted octanol–water partition coefficient (Wildman–Crippen LogP) is 1.48. The van der Waals surface area contributed by atoms with Crippen LogP contribution in [0.1, 0.15) is 36.9 Å².